The number of aryl methyl sites for hydroxylation is 1. The molecule has 0 spiro atoms. The molecule has 1 atom stereocenters. The lowest BCUT2D eigenvalue weighted by molar-refractivity contribution is -0.386. The fourth-order valence-corrected chi connectivity index (χ4v) is 1.46. The van der Waals surface area contributed by atoms with Crippen LogP contribution in [0.4, 0.5) is 5.69 Å². The van der Waals surface area contributed by atoms with Crippen LogP contribution in [0, 0.1) is 29.9 Å². The number of carbonyl (C=O) groups is 1. The van der Waals surface area contributed by atoms with E-state index in [9.17, 15) is 20.0 Å². The van der Waals surface area contributed by atoms with Gasteiger partial charge in [0.25, 0.3) is 0 Å². The van der Waals surface area contributed by atoms with Gasteiger partial charge in [-0.2, -0.15) is 5.10 Å². The molecule has 0 aliphatic heterocycles. The van der Waals surface area contributed by atoms with Gasteiger partial charge in [0.1, 0.15) is 11.4 Å². The molecule has 16 heavy (non-hydrogen) atoms. The Bertz CT molecular complexity index is 438. The lowest BCUT2D eigenvalue weighted by atomic mass is 10.2. The Hall–Kier alpha value is -1.92. The highest BCUT2D eigenvalue weighted by Crippen LogP contribution is 2.22. The molecule has 0 bridgehead atoms. The summed E-state index contributed by atoms with van der Waals surface area (Å²) < 4.78 is 1.33. The van der Waals surface area contributed by atoms with Gasteiger partial charge >= 0.3 is 5.69 Å². The van der Waals surface area contributed by atoms with Crippen LogP contribution in [-0.4, -0.2) is 20.7 Å². The summed E-state index contributed by atoms with van der Waals surface area (Å²) in [6, 6.07) is 0. The van der Waals surface area contributed by atoms with E-state index >= 15 is 0 Å². The number of carboxylic acids is 1. The Morgan fingerprint density at radius 2 is 2.12 bits per heavy atom. The maximum Gasteiger partial charge on any atom is 0.312 e. The van der Waals surface area contributed by atoms with E-state index in [-0.39, 0.29) is 17.9 Å². The second kappa shape index (κ2) is 4.30. The molecule has 1 heterocycles. The molecule has 7 heteroatoms. The first-order valence-electron chi connectivity index (χ1n) is 4.73. The summed E-state index contributed by atoms with van der Waals surface area (Å²) in [5.41, 5.74) is 0.578. The van der Waals surface area contributed by atoms with Gasteiger partial charge < -0.3 is 9.90 Å². The van der Waals surface area contributed by atoms with Crippen molar-refractivity contribution in [3.63, 3.8) is 0 Å². The summed E-state index contributed by atoms with van der Waals surface area (Å²) in [7, 11) is 0. The highest BCUT2D eigenvalue weighted by Gasteiger charge is 2.22. The predicted molar refractivity (Wildman–Crippen MR) is 52.5 cm³/mol. The Labute approximate surface area is 91.8 Å². The summed E-state index contributed by atoms with van der Waals surface area (Å²) in [6.07, 6.45) is 0. The Kier molecular flexibility index (Phi) is 3.26. The minimum Gasteiger partial charge on any atom is -0.550 e. The summed E-state index contributed by atoms with van der Waals surface area (Å²) >= 11 is 0. The summed E-state index contributed by atoms with van der Waals surface area (Å²) in [4.78, 5) is 20.7. The van der Waals surface area contributed by atoms with E-state index in [1.165, 1.54) is 18.5 Å². The van der Waals surface area contributed by atoms with Gasteiger partial charge in [-0.05, 0) is 13.8 Å². The van der Waals surface area contributed by atoms with Crippen molar-refractivity contribution in [3.8, 4) is 0 Å². The summed E-state index contributed by atoms with van der Waals surface area (Å²) in [6.45, 7) is 4.60. The Morgan fingerprint density at radius 1 is 1.56 bits per heavy atom. The van der Waals surface area contributed by atoms with Gasteiger partial charge in [0.2, 0.25) is 0 Å². The largest absolute Gasteiger partial charge is 0.550 e. The number of carbonyl (C=O) groups excluding carboxylic acids is 1. The maximum absolute atomic E-state index is 10.7. The molecular formula is C9H12N3O4-. The first kappa shape index (κ1) is 12.2. The lowest BCUT2D eigenvalue weighted by Gasteiger charge is -2.12. The third-order valence-electron chi connectivity index (χ3n) is 2.38. The van der Waals surface area contributed by atoms with Crippen LogP contribution < -0.4 is 5.11 Å². The molecule has 1 rings (SSSR count). The number of carboxylic acid groups (broad SMARTS) is 1. The number of rotatable bonds is 4. The fourth-order valence-electron chi connectivity index (χ4n) is 1.46. The van der Waals surface area contributed by atoms with Gasteiger partial charge in [-0.3, -0.25) is 14.8 Å². The van der Waals surface area contributed by atoms with Gasteiger partial charge in [0.05, 0.1) is 4.92 Å². The molecule has 7 nitrogen and oxygen atoms in total. The van der Waals surface area contributed by atoms with Gasteiger partial charge in [-0.25, -0.2) is 0 Å². The van der Waals surface area contributed by atoms with E-state index in [1.807, 2.05) is 0 Å². The number of aromatic nitrogens is 2. The van der Waals surface area contributed by atoms with Crippen molar-refractivity contribution < 1.29 is 14.8 Å². The lowest BCUT2D eigenvalue weighted by Crippen LogP contribution is -2.32. The maximum atomic E-state index is 10.7. The first-order valence-corrected chi connectivity index (χ1v) is 4.73. The van der Waals surface area contributed by atoms with Crippen molar-refractivity contribution in [2.45, 2.75) is 27.3 Å². The molecule has 0 fully saturated rings. The van der Waals surface area contributed by atoms with E-state index in [0.29, 0.717) is 5.69 Å². The third-order valence-corrected chi connectivity index (χ3v) is 2.38. The van der Waals surface area contributed by atoms with Gasteiger partial charge in [-0.1, -0.05) is 6.92 Å². The van der Waals surface area contributed by atoms with Crippen LogP contribution in [0.2, 0.25) is 0 Å². The quantitative estimate of drug-likeness (QED) is 0.522. The molecule has 0 saturated heterocycles. The van der Waals surface area contributed by atoms with E-state index in [2.05, 4.69) is 5.10 Å². The molecule has 1 aromatic heterocycles. The standard InChI is InChI=1S/C9H13N3O4/c1-5(9(13)14)4-11-7(3)8(12(15)16)6(2)10-11/h5H,4H2,1-3H3,(H,13,14)/p-1/t5-/m1/s1. The van der Waals surface area contributed by atoms with Crippen molar-refractivity contribution in [3.05, 3.63) is 21.5 Å². The molecule has 0 aromatic carbocycles. The Morgan fingerprint density at radius 3 is 2.50 bits per heavy atom. The van der Waals surface area contributed by atoms with Crippen LogP contribution in [0.5, 0.6) is 0 Å². The van der Waals surface area contributed by atoms with Crippen molar-refractivity contribution in [2.24, 2.45) is 5.92 Å². The zero-order valence-electron chi connectivity index (χ0n) is 9.26. The first-order chi connectivity index (χ1) is 7.34. The highest BCUT2D eigenvalue weighted by molar-refractivity contribution is 5.66. The molecule has 0 amide bonds. The number of hydrogen-bond donors (Lipinski definition) is 0. The SMILES string of the molecule is Cc1nn(C[C@@H](C)C(=O)[O-])c(C)c1[N+](=O)[O-]. The molecule has 0 N–H and O–H groups in total. The smallest absolute Gasteiger partial charge is 0.312 e. The second-order valence-corrected chi connectivity index (χ2v) is 3.68. The van der Waals surface area contributed by atoms with Crippen molar-refractivity contribution in [2.75, 3.05) is 0 Å². The molecule has 0 radical (unpaired) electrons. The third kappa shape index (κ3) is 2.18. The fraction of sp³-hybridized carbons (Fsp3) is 0.556. The van der Waals surface area contributed by atoms with Crippen LogP contribution in [0.3, 0.4) is 0 Å². The molecule has 0 unspecified atom stereocenters. The molecule has 1 aromatic rings. The molecule has 0 saturated carbocycles. The van der Waals surface area contributed by atoms with E-state index < -0.39 is 16.8 Å². The topological polar surface area (TPSA) is 101 Å². The molecule has 0 aliphatic rings. The van der Waals surface area contributed by atoms with E-state index in [4.69, 9.17) is 0 Å². The number of hydrogen-bond acceptors (Lipinski definition) is 5. The van der Waals surface area contributed by atoms with Crippen LogP contribution in [0.25, 0.3) is 0 Å². The van der Waals surface area contributed by atoms with Crippen LogP contribution in [-0.2, 0) is 11.3 Å². The number of nitrogens with zero attached hydrogens (tertiary/aromatic N) is 3. The molecule has 88 valence electrons. The zero-order chi connectivity index (χ0) is 12.5. The number of nitro groups is 1. The van der Waals surface area contributed by atoms with Crippen LogP contribution in [0.15, 0.2) is 0 Å². The second-order valence-electron chi connectivity index (χ2n) is 3.68. The highest BCUT2D eigenvalue weighted by atomic mass is 16.6. The van der Waals surface area contributed by atoms with Gasteiger partial charge in [-0.15, -0.1) is 0 Å². The normalized spacial score (nSPS) is 12.4. The van der Waals surface area contributed by atoms with Gasteiger partial charge in [0, 0.05) is 18.4 Å². The Balaban J connectivity index is 3.04. The van der Waals surface area contributed by atoms with Crippen molar-refractivity contribution in [1.82, 2.24) is 9.78 Å². The van der Waals surface area contributed by atoms with Gasteiger partial charge in [0.15, 0.2) is 0 Å². The average molecular weight is 226 g/mol. The van der Waals surface area contributed by atoms with Crippen molar-refractivity contribution >= 4 is 11.7 Å². The van der Waals surface area contributed by atoms with E-state index in [1.54, 1.807) is 6.92 Å². The van der Waals surface area contributed by atoms with Crippen LogP contribution >= 0.6 is 0 Å². The zero-order valence-corrected chi connectivity index (χ0v) is 9.26. The minimum atomic E-state index is -1.20. The van der Waals surface area contributed by atoms with Crippen LogP contribution in [0.1, 0.15) is 18.3 Å². The van der Waals surface area contributed by atoms with Crippen molar-refractivity contribution in [1.29, 1.82) is 0 Å². The van der Waals surface area contributed by atoms with E-state index in [0.717, 1.165) is 0 Å². The monoisotopic (exact) mass is 226 g/mol. The predicted octanol–water partition coefficient (Wildman–Crippen LogP) is -0.206. The number of aliphatic carboxylic acids is 1. The summed E-state index contributed by atoms with van der Waals surface area (Å²) in [5, 5.41) is 25.2. The minimum absolute atomic E-state index is 0.0643. The molecule has 0 aliphatic carbocycles. The summed E-state index contributed by atoms with van der Waals surface area (Å²) in [5.74, 6) is -1.94. The molecular weight excluding hydrogens is 214 g/mol. The average Bonchev–Trinajstić information content (AvgIpc) is 2.41.